The monoisotopic (exact) mass is 309 g/mol. The van der Waals surface area contributed by atoms with Crippen LogP contribution >= 0.6 is 0 Å². The summed E-state index contributed by atoms with van der Waals surface area (Å²) in [5, 5.41) is 14.9. The lowest BCUT2D eigenvalue weighted by atomic mass is 10.1. The fourth-order valence-corrected chi connectivity index (χ4v) is 1.41. The lowest BCUT2D eigenvalue weighted by Crippen LogP contribution is -2.41. The molecule has 1 aromatic rings. The van der Waals surface area contributed by atoms with Crippen LogP contribution in [0, 0.1) is 10.1 Å². The molecule has 0 saturated carbocycles. The van der Waals surface area contributed by atoms with Crippen molar-refractivity contribution in [2.24, 2.45) is 0 Å². The molecule has 0 bridgehead atoms. The first-order valence-corrected chi connectivity index (χ1v) is 5.59. The highest BCUT2D eigenvalue weighted by atomic mass is 19.3. The summed E-state index contributed by atoms with van der Waals surface area (Å²) >= 11 is 0. The number of hydrogen-bond donors (Lipinski definition) is 2. The van der Waals surface area contributed by atoms with Gasteiger partial charge in [0, 0.05) is 18.7 Å². The van der Waals surface area contributed by atoms with Crippen molar-refractivity contribution in [1.82, 2.24) is 5.32 Å². The number of benzene rings is 1. The molecule has 6 nitrogen and oxygen atoms in total. The number of amides is 1. The summed E-state index contributed by atoms with van der Waals surface area (Å²) in [5.74, 6) is -5.48. The van der Waals surface area contributed by atoms with Crippen LogP contribution in [0.2, 0.25) is 0 Å². The molecule has 0 atom stereocenters. The van der Waals surface area contributed by atoms with Gasteiger partial charge in [0.05, 0.1) is 11.5 Å². The molecule has 0 spiro atoms. The molecule has 0 aliphatic heterocycles. The van der Waals surface area contributed by atoms with Crippen LogP contribution < -0.4 is 10.6 Å². The van der Waals surface area contributed by atoms with Gasteiger partial charge in [-0.1, -0.05) is 0 Å². The second kappa shape index (κ2) is 6.37. The van der Waals surface area contributed by atoms with Crippen molar-refractivity contribution in [3.05, 3.63) is 33.9 Å². The first-order valence-electron chi connectivity index (χ1n) is 5.59. The molecule has 0 aliphatic carbocycles. The normalized spacial score (nSPS) is 11.3. The minimum absolute atomic E-state index is 0.120. The zero-order valence-corrected chi connectivity index (χ0v) is 10.7. The number of rotatable bonds is 6. The zero-order valence-electron chi connectivity index (χ0n) is 10.7. The van der Waals surface area contributed by atoms with Crippen LogP contribution in [0.1, 0.15) is 10.4 Å². The average Bonchev–Trinajstić information content (AvgIpc) is 2.43. The predicted molar refractivity (Wildman–Crippen MR) is 65.9 cm³/mol. The summed E-state index contributed by atoms with van der Waals surface area (Å²) in [4.78, 5) is 21.6. The van der Waals surface area contributed by atoms with Crippen molar-refractivity contribution in [2.45, 2.75) is 12.3 Å². The largest absolute Gasteiger partial charge is 0.383 e. The molecular formula is C11H11F4N3O3. The van der Waals surface area contributed by atoms with Crippen LogP contribution in [0.25, 0.3) is 0 Å². The Labute approximate surface area is 116 Å². The number of nitro benzene ring substituents is 1. The molecule has 1 aromatic carbocycles. The van der Waals surface area contributed by atoms with Crippen molar-refractivity contribution in [3.63, 3.8) is 0 Å². The van der Waals surface area contributed by atoms with E-state index in [0.717, 1.165) is 12.1 Å². The molecular weight excluding hydrogens is 298 g/mol. The lowest BCUT2D eigenvalue weighted by molar-refractivity contribution is -0.384. The topological polar surface area (TPSA) is 84.3 Å². The molecule has 1 rings (SSSR count). The van der Waals surface area contributed by atoms with Crippen molar-refractivity contribution in [2.75, 3.05) is 18.9 Å². The number of nitrogens with zero attached hydrogens (tertiary/aromatic N) is 1. The van der Waals surface area contributed by atoms with E-state index in [9.17, 15) is 32.5 Å². The highest BCUT2D eigenvalue weighted by Gasteiger charge is 2.40. The Balaban J connectivity index is 2.89. The summed E-state index contributed by atoms with van der Waals surface area (Å²) in [5.41, 5.74) is -0.606. The van der Waals surface area contributed by atoms with E-state index in [1.165, 1.54) is 13.1 Å². The summed E-state index contributed by atoms with van der Waals surface area (Å²) in [6.07, 6.45) is -3.92. The minimum atomic E-state index is -4.37. The third kappa shape index (κ3) is 4.04. The molecule has 0 aliphatic rings. The Kier molecular flexibility index (Phi) is 5.06. The first kappa shape index (κ1) is 16.7. The number of carbonyl (C=O) groups is 1. The molecule has 0 fully saturated rings. The van der Waals surface area contributed by atoms with E-state index in [1.54, 1.807) is 5.32 Å². The van der Waals surface area contributed by atoms with Gasteiger partial charge < -0.3 is 10.6 Å². The Morgan fingerprint density at radius 1 is 1.43 bits per heavy atom. The molecule has 10 heteroatoms. The Morgan fingerprint density at radius 3 is 2.52 bits per heavy atom. The van der Waals surface area contributed by atoms with E-state index < -0.39 is 35.4 Å². The molecule has 0 aromatic heterocycles. The van der Waals surface area contributed by atoms with Gasteiger partial charge in [-0.05, 0) is 12.1 Å². The number of carbonyl (C=O) groups excluding carboxylic acids is 1. The second-order valence-electron chi connectivity index (χ2n) is 3.98. The average molecular weight is 309 g/mol. The Hall–Kier alpha value is -2.39. The van der Waals surface area contributed by atoms with Crippen LogP contribution in [0.3, 0.4) is 0 Å². The van der Waals surface area contributed by atoms with Gasteiger partial charge in [0.15, 0.2) is 0 Å². The molecule has 2 N–H and O–H groups in total. The Bertz CT molecular complexity index is 552. The molecule has 0 saturated heterocycles. The number of nitrogens with one attached hydrogen (secondary N) is 2. The van der Waals surface area contributed by atoms with Crippen LogP contribution in [-0.4, -0.2) is 36.8 Å². The fourth-order valence-electron chi connectivity index (χ4n) is 1.41. The summed E-state index contributed by atoms with van der Waals surface area (Å²) in [6.45, 7) is -1.56. The van der Waals surface area contributed by atoms with Gasteiger partial charge in [0.1, 0.15) is 5.69 Å². The van der Waals surface area contributed by atoms with Crippen molar-refractivity contribution in [3.8, 4) is 0 Å². The molecule has 0 heterocycles. The number of nitro groups is 1. The highest BCUT2D eigenvalue weighted by molar-refractivity contribution is 5.95. The maximum Gasteiger partial charge on any atom is 0.324 e. The van der Waals surface area contributed by atoms with Crippen molar-refractivity contribution >= 4 is 17.3 Å². The van der Waals surface area contributed by atoms with Crippen LogP contribution in [0.15, 0.2) is 18.2 Å². The molecule has 0 unspecified atom stereocenters. The fraction of sp³-hybridized carbons (Fsp3) is 0.364. The van der Waals surface area contributed by atoms with Gasteiger partial charge >= 0.3 is 12.3 Å². The maximum atomic E-state index is 12.7. The molecule has 0 radical (unpaired) electrons. The Morgan fingerprint density at radius 2 is 2.05 bits per heavy atom. The standard InChI is InChI=1S/C11H11F4N3O3/c1-16-7-3-2-6(4-8(7)18(20)21)9(19)17-5-11(14,15)10(12)13/h2-4,10,16H,5H2,1H3,(H,17,19). The van der Waals surface area contributed by atoms with E-state index in [4.69, 9.17) is 0 Å². The minimum Gasteiger partial charge on any atom is -0.383 e. The van der Waals surface area contributed by atoms with Crippen LogP contribution in [0.4, 0.5) is 28.9 Å². The van der Waals surface area contributed by atoms with Crippen LogP contribution in [0.5, 0.6) is 0 Å². The second-order valence-corrected chi connectivity index (χ2v) is 3.98. The third-order valence-corrected chi connectivity index (χ3v) is 2.53. The first-order chi connectivity index (χ1) is 9.69. The highest BCUT2D eigenvalue weighted by Crippen LogP contribution is 2.25. The van der Waals surface area contributed by atoms with Gasteiger partial charge in [-0.2, -0.15) is 8.78 Å². The SMILES string of the molecule is CNc1ccc(C(=O)NCC(F)(F)C(F)F)cc1[N+](=O)[O-]. The quantitative estimate of drug-likeness (QED) is 0.479. The summed E-state index contributed by atoms with van der Waals surface area (Å²) in [7, 11) is 1.42. The zero-order chi connectivity index (χ0) is 16.2. The van der Waals surface area contributed by atoms with Gasteiger partial charge in [-0.25, -0.2) is 8.78 Å². The molecule has 116 valence electrons. The van der Waals surface area contributed by atoms with Gasteiger partial charge in [0.25, 0.3) is 11.6 Å². The third-order valence-electron chi connectivity index (χ3n) is 2.53. The van der Waals surface area contributed by atoms with E-state index >= 15 is 0 Å². The predicted octanol–water partition coefficient (Wildman–Crippen LogP) is 2.27. The van der Waals surface area contributed by atoms with Crippen molar-refractivity contribution in [1.29, 1.82) is 0 Å². The summed E-state index contributed by atoms with van der Waals surface area (Å²) < 4.78 is 49.2. The number of alkyl halides is 4. The summed E-state index contributed by atoms with van der Waals surface area (Å²) in [6, 6.07) is 3.22. The number of anilines is 1. The molecule has 1 amide bonds. The van der Waals surface area contributed by atoms with E-state index in [1.807, 2.05) is 0 Å². The van der Waals surface area contributed by atoms with E-state index in [2.05, 4.69) is 5.32 Å². The van der Waals surface area contributed by atoms with Gasteiger partial charge in [0.2, 0.25) is 0 Å². The molecule has 21 heavy (non-hydrogen) atoms. The lowest BCUT2D eigenvalue weighted by Gasteiger charge is -2.15. The van der Waals surface area contributed by atoms with Gasteiger partial charge in [-0.3, -0.25) is 14.9 Å². The number of halogens is 4. The van der Waals surface area contributed by atoms with E-state index in [-0.39, 0.29) is 11.3 Å². The van der Waals surface area contributed by atoms with Crippen LogP contribution in [-0.2, 0) is 0 Å². The van der Waals surface area contributed by atoms with Gasteiger partial charge in [-0.15, -0.1) is 0 Å². The van der Waals surface area contributed by atoms with Crippen molar-refractivity contribution < 1.29 is 27.3 Å². The maximum absolute atomic E-state index is 12.7. The van der Waals surface area contributed by atoms with E-state index in [0.29, 0.717) is 0 Å². The smallest absolute Gasteiger partial charge is 0.324 e. The number of hydrogen-bond acceptors (Lipinski definition) is 4.